The lowest BCUT2D eigenvalue weighted by Gasteiger charge is -2.61. The van der Waals surface area contributed by atoms with Crippen LogP contribution in [0.5, 0.6) is 5.75 Å². The van der Waals surface area contributed by atoms with Gasteiger partial charge in [0.05, 0.1) is 12.7 Å². The molecule has 0 unspecified atom stereocenters. The van der Waals surface area contributed by atoms with Gasteiger partial charge in [-0.05, 0) is 92.8 Å². The molecule has 0 spiro atoms. The molecule has 3 heterocycles. The molecule has 2 saturated heterocycles. The van der Waals surface area contributed by atoms with E-state index in [1.54, 1.807) is 13.3 Å². The molecule has 6 rings (SSSR count). The van der Waals surface area contributed by atoms with Crippen LogP contribution in [-0.4, -0.2) is 70.7 Å². The Morgan fingerprint density at radius 1 is 1.14 bits per heavy atom. The van der Waals surface area contributed by atoms with Gasteiger partial charge in [0, 0.05) is 49.4 Å². The number of amides is 1. The lowest BCUT2D eigenvalue weighted by Crippen LogP contribution is -2.71. The van der Waals surface area contributed by atoms with Gasteiger partial charge in [-0.2, -0.15) is 0 Å². The molecular formula is C29H37N3O3. The monoisotopic (exact) mass is 475 g/mol. The van der Waals surface area contributed by atoms with Crippen molar-refractivity contribution >= 4 is 5.91 Å². The first kappa shape index (κ1) is 23.0. The molecule has 3 atom stereocenters. The second kappa shape index (κ2) is 8.90. The van der Waals surface area contributed by atoms with Crippen LogP contribution < -0.4 is 4.74 Å². The van der Waals surface area contributed by atoms with Crippen molar-refractivity contribution in [2.45, 2.75) is 68.4 Å². The van der Waals surface area contributed by atoms with Gasteiger partial charge in [-0.25, -0.2) is 0 Å². The van der Waals surface area contributed by atoms with E-state index in [-0.39, 0.29) is 17.4 Å². The third-order valence-electron chi connectivity index (χ3n) is 9.33. The summed E-state index contributed by atoms with van der Waals surface area (Å²) in [6, 6.07) is 12.4. The molecule has 1 saturated carbocycles. The summed E-state index contributed by atoms with van der Waals surface area (Å²) in [6.45, 7) is 3.43. The summed E-state index contributed by atoms with van der Waals surface area (Å²) < 4.78 is 5.61. The largest absolute Gasteiger partial charge is 0.497 e. The zero-order valence-electron chi connectivity index (χ0n) is 20.8. The highest BCUT2D eigenvalue weighted by molar-refractivity contribution is 5.76. The van der Waals surface area contributed by atoms with Crippen LogP contribution in [0, 0.1) is 5.92 Å². The maximum absolute atomic E-state index is 13.3. The molecule has 6 nitrogen and oxygen atoms in total. The molecule has 1 amide bonds. The number of rotatable bonds is 6. The first-order valence-electron chi connectivity index (χ1n) is 13.3. The van der Waals surface area contributed by atoms with Crippen LogP contribution in [0.3, 0.4) is 0 Å². The summed E-state index contributed by atoms with van der Waals surface area (Å²) in [5, 5.41) is 12.6. The Balaban J connectivity index is 1.30. The fraction of sp³-hybridized carbons (Fsp3) is 0.586. The van der Waals surface area contributed by atoms with Gasteiger partial charge >= 0.3 is 0 Å². The fourth-order valence-corrected chi connectivity index (χ4v) is 7.17. The van der Waals surface area contributed by atoms with E-state index in [4.69, 9.17) is 4.74 Å². The number of aliphatic hydroxyl groups is 1. The second-order valence-electron chi connectivity index (χ2n) is 11.1. The Morgan fingerprint density at radius 3 is 2.74 bits per heavy atom. The molecule has 2 bridgehead atoms. The van der Waals surface area contributed by atoms with Crippen molar-refractivity contribution in [1.82, 2.24) is 14.8 Å². The van der Waals surface area contributed by atoms with Gasteiger partial charge < -0.3 is 14.7 Å². The number of ether oxygens (including phenoxy) is 1. The molecule has 2 aliphatic carbocycles. The van der Waals surface area contributed by atoms with Gasteiger partial charge in [-0.15, -0.1) is 0 Å². The van der Waals surface area contributed by atoms with E-state index in [2.05, 4.69) is 28.1 Å². The number of aryl methyl sites for hydroxylation is 1. The number of piperidine rings is 1. The fourth-order valence-electron chi connectivity index (χ4n) is 7.17. The van der Waals surface area contributed by atoms with E-state index < -0.39 is 5.60 Å². The average Bonchev–Trinajstić information content (AvgIpc) is 3.71. The summed E-state index contributed by atoms with van der Waals surface area (Å²) >= 11 is 0. The molecule has 2 aliphatic heterocycles. The minimum Gasteiger partial charge on any atom is -0.497 e. The molecular weight excluding hydrogens is 438 g/mol. The van der Waals surface area contributed by atoms with Crippen molar-refractivity contribution in [2.75, 3.05) is 33.3 Å². The van der Waals surface area contributed by atoms with Crippen LogP contribution in [-0.2, 0) is 23.1 Å². The van der Waals surface area contributed by atoms with Gasteiger partial charge in [0.1, 0.15) is 5.75 Å². The number of likely N-dealkylation sites (tertiary alicyclic amines) is 2. The predicted octanol–water partition coefficient (Wildman–Crippen LogP) is 3.35. The van der Waals surface area contributed by atoms with Crippen LogP contribution in [0.15, 0.2) is 42.6 Å². The topological polar surface area (TPSA) is 65.9 Å². The number of hydrogen-bond donors (Lipinski definition) is 1. The minimum absolute atomic E-state index is 0.112. The highest BCUT2D eigenvalue weighted by atomic mass is 16.5. The Morgan fingerprint density at radius 2 is 1.97 bits per heavy atom. The lowest BCUT2D eigenvalue weighted by molar-refractivity contribution is -0.149. The molecule has 1 N–H and O–H groups in total. The molecule has 186 valence electrons. The Hall–Kier alpha value is -2.44. The number of pyridine rings is 1. The quantitative estimate of drug-likeness (QED) is 0.694. The van der Waals surface area contributed by atoms with Gasteiger partial charge in [-0.3, -0.25) is 14.7 Å². The van der Waals surface area contributed by atoms with Crippen molar-refractivity contribution in [1.29, 1.82) is 0 Å². The van der Waals surface area contributed by atoms with E-state index in [9.17, 15) is 9.90 Å². The number of carbonyl (C=O) groups is 1. The number of hydrogen-bond acceptors (Lipinski definition) is 5. The summed E-state index contributed by atoms with van der Waals surface area (Å²) in [5.41, 5.74) is 2.38. The van der Waals surface area contributed by atoms with Gasteiger partial charge in [-0.1, -0.05) is 12.1 Å². The van der Waals surface area contributed by atoms with Crippen molar-refractivity contribution in [2.24, 2.45) is 5.92 Å². The molecule has 4 aliphatic rings. The van der Waals surface area contributed by atoms with Crippen LogP contribution in [0.2, 0.25) is 0 Å². The van der Waals surface area contributed by atoms with E-state index in [0.29, 0.717) is 32.4 Å². The van der Waals surface area contributed by atoms with E-state index in [0.717, 1.165) is 49.7 Å². The first-order valence-corrected chi connectivity index (χ1v) is 13.3. The number of aromatic nitrogens is 1. The van der Waals surface area contributed by atoms with Crippen LogP contribution in [0.4, 0.5) is 0 Å². The summed E-state index contributed by atoms with van der Waals surface area (Å²) in [4.78, 5) is 22.2. The standard InChI is InChI=1S/C29H37N3O3/c1-35-24-9-7-22-18-26-29(34)13-17-31(27(33)10-8-23-4-2-3-14-30-23)15-11-28(29,25(22)19-24)12-16-32(26)20-21-5-6-21/h2-4,7,9,14,19,21,26,34H,5-6,8,10-13,15-18,20H2,1H3/t26-,28+,29-/m1/s1. The molecule has 2 aromatic rings. The van der Waals surface area contributed by atoms with Crippen LogP contribution >= 0.6 is 0 Å². The van der Waals surface area contributed by atoms with Gasteiger partial charge in [0.2, 0.25) is 5.91 Å². The van der Waals surface area contributed by atoms with E-state index in [1.807, 2.05) is 23.1 Å². The summed E-state index contributed by atoms with van der Waals surface area (Å²) in [6.07, 6.45) is 8.77. The van der Waals surface area contributed by atoms with Gasteiger partial charge in [0.15, 0.2) is 0 Å². The van der Waals surface area contributed by atoms with Gasteiger partial charge in [0.25, 0.3) is 0 Å². The zero-order valence-corrected chi connectivity index (χ0v) is 20.8. The Kier molecular flexibility index (Phi) is 5.84. The molecule has 35 heavy (non-hydrogen) atoms. The average molecular weight is 476 g/mol. The van der Waals surface area contributed by atoms with Crippen molar-refractivity contribution in [3.63, 3.8) is 0 Å². The lowest BCUT2D eigenvalue weighted by atomic mass is 9.52. The SMILES string of the molecule is COc1ccc2c(c1)[C@@]13CCN(C(=O)CCc4ccccn4)CC[C@@]1(O)[C@@H](C2)N(CC1CC1)CC3. The van der Waals surface area contributed by atoms with Crippen LogP contribution in [0.25, 0.3) is 0 Å². The molecule has 0 radical (unpaired) electrons. The smallest absolute Gasteiger partial charge is 0.222 e. The summed E-state index contributed by atoms with van der Waals surface area (Å²) in [7, 11) is 1.71. The first-order chi connectivity index (χ1) is 17.0. The van der Waals surface area contributed by atoms with Crippen molar-refractivity contribution in [3.05, 3.63) is 59.4 Å². The third kappa shape index (κ3) is 3.95. The van der Waals surface area contributed by atoms with Crippen LogP contribution in [0.1, 0.15) is 55.3 Å². The maximum atomic E-state index is 13.3. The van der Waals surface area contributed by atoms with E-state index >= 15 is 0 Å². The molecule has 3 fully saturated rings. The van der Waals surface area contributed by atoms with Crippen molar-refractivity contribution < 1.29 is 14.6 Å². The predicted molar refractivity (Wildman–Crippen MR) is 134 cm³/mol. The number of carbonyl (C=O) groups excluding carboxylic acids is 1. The highest BCUT2D eigenvalue weighted by Crippen LogP contribution is 2.56. The van der Waals surface area contributed by atoms with Crippen molar-refractivity contribution in [3.8, 4) is 5.75 Å². The number of methoxy groups -OCH3 is 1. The molecule has 1 aromatic heterocycles. The zero-order chi connectivity index (χ0) is 24.0. The minimum atomic E-state index is -0.838. The maximum Gasteiger partial charge on any atom is 0.222 e. The number of fused-ring (bicyclic) bond motifs is 1. The third-order valence-corrected chi connectivity index (χ3v) is 9.33. The summed E-state index contributed by atoms with van der Waals surface area (Å²) in [5.74, 6) is 1.82. The molecule has 6 heteroatoms. The molecule has 1 aromatic carbocycles. The Labute approximate surface area is 208 Å². The Bertz CT molecular complexity index is 1090. The number of benzene rings is 1. The van der Waals surface area contributed by atoms with E-state index in [1.165, 1.54) is 24.0 Å². The normalized spacial score (nSPS) is 30.2. The number of nitrogens with zero attached hydrogens (tertiary/aromatic N) is 3. The second-order valence-corrected chi connectivity index (χ2v) is 11.1. The highest BCUT2D eigenvalue weighted by Gasteiger charge is 2.63.